The number of aliphatic hydroxyl groups is 1. The second-order valence-corrected chi connectivity index (χ2v) is 2.56. The van der Waals surface area contributed by atoms with Gasteiger partial charge in [0.05, 0.1) is 6.61 Å². The van der Waals surface area contributed by atoms with Gasteiger partial charge in [-0.3, -0.25) is 0 Å². The van der Waals surface area contributed by atoms with E-state index in [0.717, 1.165) is 0 Å². The minimum atomic E-state index is -0.509. The fourth-order valence-corrected chi connectivity index (χ4v) is 0.835. The molecule has 1 fully saturated rings. The van der Waals surface area contributed by atoms with Crippen LogP contribution >= 0.6 is 0 Å². The van der Waals surface area contributed by atoms with Crippen LogP contribution in [0.25, 0.3) is 0 Å². The van der Waals surface area contributed by atoms with E-state index in [0.29, 0.717) is 18.4 Å². The maximum atomic E-state index is 8.95. The highest BCUT2D eigenvalue weighted by Gasteiger charge is 2.28. The minimum Gasteiger partial charge on any atom is -0.368 e. The quantitative estimate of drug-likeness (QED) is 0.502. The molecule has 1 rings (SSSR count). The molecule has 1 aliphatic rings. The van der Waals surface area contributed by atoms with E-state index in [2.05, 4.69) is 6.92 Å². The van der Waals surface area contributed by atoms with Crippen LogP contribution in [0.4, 0.5) is 0 Å². The van der Waals surface area contributed by atoms with Gasteiger partial charge in [0, 0.05) is 5.92 Å². The Bertz CT molecular complexity index is 72.6. The highest BCUT2D eigenvalue weighted by Crippen LogP contribution is 2.23. The fourth-order valence-electron chi connectivity index (χ4n) is 0.835. The zero-order chi connectivity index (χ0) is 6.15. The molecule has 48 valence electrons. The third kappa shape index (κ3) is 0.858. The topological polar surface area (TPSA) is 29.5 Å². The SMILES string of the molecule is CC1COC(O)C1C. The summed E-state index contributed by atoms with van der Waals surface area (Å²) in [6.07, 6.45) is -0.509. The van der Waals surface area contributed by atoms with Gasteiger partial charge >= 0.3 is 0 Å². The molecule has 0 spiro atoms. The van der Waals surface area contributed by atoms with E-state index in [1.165, 1.54) is 0 Å². The average molecular weight is 116 g/mol. The molecule has 3 atom stereocenters. The lowest BCUT2D eigenvalue weighted by atomic mass is 10.00. The van der Waals surface area contributed by atoms with Crippen molar-refractivity contribution in [3.63, 3.8) is 0 Å². The summed E-state index contributed by atoms with van der Waals surface area (Å²) in [7, 11) is 0. The number of rotatable bonds is 0. The molecule has 1 saturated heterocycles. The molecule has 0 aromatic carbocycles. The van der Waals surface area contributed by atoms with E-state index in [4.69, 9.17) is 9.84 Å². The molecule has 1 N–H and O–H groups in total. The molecule has 3 unspecified atom stereocenters. The van der Waals surface area contributed by atoms with Gasteiger partial charge in [0.1, 0.15) is 0 Å². The molecular weight excluding hydrogens is 104 g/mol. The van der Waals surface area contributed by atoms with E-state index in [-0.39, 0.29) is 0 Å². The molecule has 0 bridgehead atoms. The van der Waals surface area contributed by atoms with E-state index in [1.807, 2.05) is 6.92 Å². The zero-order valence-corrected chi connectivity index (χ0v) is 5.29. The van der Waals surface area contributed by atoms with Crippen molar-refractivity contribution in [3.8, 4) is 0 Å². The van der Waals surface area contributed by atoms with Crippen LogP contribution in [0.1, 0.15) is 13.8 Å². The first-order valence-corrected chi connectivity index (χ1v) is 3.01. The predicted molar refractivity (Wildman–Crippen MR) is 30.3 cm³/mol. The van der Waals surface area contributed by atoms with Crippen molar-refractivity contribution < 1.29 is 9.84 Å². The summed E-state index contributed by atoms with van der Waals surface area (Å²) in [4.78, 5) is 0. The minimum absolute atomic E-state index is 0.315. The summed E-state index contributed by atoms with van der Waals surface area (Å²) in [5, 5.41) is 8.95. The smallest absolute Gasteiger partial charge is 0.157 e. The van der Waals surface area contributed by atoms with Crippen molar-refractivity contribution in [2.24, 2.45) is 11.8 Å². The lowest BCUT2D eigenvalue weighted by Crippen LogP contribution is -2.14. The van der Waals surface area contributed by atoms with E-state index in [1.54, 1.807) is 0 Å². The standard InChI is InChI=1S/C6H12O2/c1-4-3-8-6(7)5(4)2/h4-7H,3H2,1-2H3. The number of hydrogen-bond donors (Lipinski definition) is 1. The first kappa shape index (κ1) is 6.05. The van der Waals surface area contributed by atoms with Gasteiger partial charge in [0.2, 0.25) is 0 Å². The highest BCUT2D eigenvalue weighted by molar-refractivity contribution is 4.69. The molecule has 0 aromatic rings. The first-order chi connectivity index (χ1) is 3.72. The van der Waals surface area contributed by atoms with Crippen LogP contribution in [0.3, 0.4) is 0 Å². The first-order valence-electron chi connectivity index (χ1n) is 3.01. The Hall–Kier alpha value is -0.0800. The van der Waals surface area contributed by atoms with Crippen molar-refractivity contribution in [2.45, 2.75) is 20.1 Å². The summed E-state index contributed by atoms with van der Waals surface area (Å²) in [6, 6.07) is 0. The largest absolute Gasteiger partial charge is 0.368 e. The Morgan fingerprint density at radius 1 is 1.50 bits per heavy atom. The highest BCUT2D eigenvalue weighted by atomic mass is 16.6. The van der Waals surface area contributed by atoms with E-state index in [9.17, 15) is 0 Å². The number of ether oxygens (including phenoxy) is 1. The molecule has 1 heterocycles. The Morgan fingerprint density at radius 2 is 2.12 bits per heavy atom. The van der Waals surface area contributed by atoms with Crippen LogP contribution in [0.2, 0.25) is 0 Å². The van der Waals surface area contributed by atoms with Gasteiger partial charge in [-0.1, -0.05) is 13.8 Å². The summed E-state index contributed by atoms with van der Waals surface area (Å²) in [5.74, 6) is 0.833. The molecule has 0 amide bonds. The third-order valence-electron chi connectivity index (χ3n) is 1.88. The van der Waals surface area contributed by atoms with Crippen molar-refractivity contribution in [3.05, 3.63) is 0 Å². The van der Waals surface area contributed by atoms with Gasteiger partial charge in [-0.15, -0.1) is 0 Å². The summed E-state index contributed by atoms with van der Waals surface area (Å²) < 4.78 is 4.93. The summed E-state index contributed by atoms with van der Waals surface area (Å²) in [6.45, 7) is 4.80. The van der Waals surface area contributed by atoms with E-state index < -0.39 is 6.29 Å². The van der Waals surface area contributed by atoms with Gasteiger partial charge in [-0.2, -0.15) is 0 Å². The van der Waals surface area contributed by atoms with Crippen LogP contribution < -0.4 is 0 Å². The fraction of sp³-hybridized carbons (Fsp3) is 1.00. The Labute approximate surface area is 49.5 Å². The lowest BCUT2D eigenvalue weighted by Gasteiger charge is -2.07. The summed E-state index contributed by atoms with van der Waals surface area (Å²) in [5.41, 5.74) is 0. The molecule has 2 nitrogen and oxygen atoms in total. The maximum absolute atomic E-state index is 8.95. The average Bonchev–Trinajstić information content (AvgIpc) is 1.98. The second kappa shape index (κ2) is 2.03. The van der Waals surface area contributed by atoms with Crippen LogP contribution in [0.15, 0.2) is 0 Å². The van der Waals surface area contributed by atoms with Gasteiger partial charge in [0.15, 0.2) is 6.29 Å². The molecule has 0 aromatic heterocycles. The second-order valence-electron chi connectivity index (χ2n) is 2.56. The van der Waals surface area contributed by atoms with Gasteiger partial charge in [-0.25, -0.2) is 0 Å². The molecular formula is C6H12O2. The molecule has 0 aliphatic carbocycles. The van der Waals surface area contributed by atoms with Crippen LogP contribution in [-0.4, -0.2) is 18.0 Å². The van der Waals surface area contributed by atoms with Crippen molar-refractivity contribution in [2.75, 3.05) is 6.61 Å². The van der Waals surface area contributed by atoms with Crippen LogP contribution in [0, 0.1) is 11.8 Å². The predicted octanol–water partition coefficient (Wildman–Crippen LogP) is 0.607. The normalized spacial score (nSPS) is 47.6. The van der Waals surface area contributed by atoms with Gasteiger partial charge < -0.3 is 9.84 Å². The summed E-state index contributed by atoms with van der Waals surface area (Å²) >= 11 is 0. The van der Waals surface area contributed by atoms with Crippen molar-refractivity contribution >= 4 is 0 Å². The molecule has 0 radical (unpaired) electrons. The lowest BCUT2D eigenvalue weighted by molar-refractivity contribution is -0.0786. The maximum Gasteiger partial charge on any atom is 0.157 e. The van der Waals surface area contributed by atoms with Crippen molar-refractivity contribution in [1.82, 2.24) is 0 Å². The van der Waals surface area contributed by atoms with Crippen LogP contribution in [0.5, 0.6) is 0 Å². The van der Waals surface area contributed by atoms with Gasteiger partial charge in [0.25, 0.3) is 0 Å². The number of aliphatic hydroxyl groups excluding tert-OH is 1. The Morgan fingerprint density at radius 3 is 2.25 bits per heavy atom. The van der Waals surface area contributed by atoms with Crippen LogP contribution in [-0.2, 0) is 4.74 Å². The monoisotopic (exact) mass is 116 g/mol. The van der Waals surface area contributed by atoms with Crippen molar-refractivity contribution in [1.29, 1.82) is 0 Å². The third-order valence-corrected chi connectivity index (χ3v) is 1.88. The van der Waals surface area contributed by atoms with E-state index >= 15 is 0 Å². The molecule has 0 saturated carbocycles. The molecule has 8 heavy (non-hydrogen) atoms. The molecule has 2 heteroatoms. The zero-order valence-electron chi connectivity index (χ0n) is 5.29. The Kier molecular flexibility index (Phi) is 1.54. The molecule has 1 aliphatic heterocycles. The Balaban J connectivity index is 2.44. The van der Waals surface area contributed by atoms with Gasteiger partial charge in [-0.05, 0) is 5.92 Å². The number of hydrogen-bond acceptors (Lipinski definition) is 2.